The Hall–Kier alpha value is -0.680. The molecule has 1 aromatic heterocycles. The molecule has 0 amide bonds. The van der Waals surface area contributed by atoms with Gasteiger partial charge in [-0.25, -0.2) is 0 Å². The predicted molar refractivity (Wildman–Crippen MR) is 84.6 cm³/mol. The molecule has 3 rings (SSSR count). The lowest BCUT2D eigenvalue weighted by Gasteiger charge is -2.26. The Bertz CT molecular complexity index is 553. The van der Waals surface area contributed by atoms with Crippen molar-refractivity contribution in [2.24, 2.45) is 0 Å². The van der Waals surface area contributed by atoms with Gasteiger partial charge >= 0.3 is 0 Å². The van der Waals surface area contributed by atoms with Crippen LogP contribution in [0.15, 0.2) is 40.2 Å². The average molecular weight is 337 g/mol. The number of rotatable bonds is 4. The van der Waals surface area contributed by atoms with Crippen molar-refractivity contribution in [1.29, 1.82) is 0 Å². The van der Waals surface area contributed by atoms with Crippen LogP contribution < -0.4 is 10.6 Å². The van der Waals surface area contributed by atoms with Gasteiger partial charge in [0.1, 0.15) is 0 Å². The molecule has 0 saturated heterocycles. The third-order valence-electron chi connectivity index (χ3n) is 3.52. The van der Waals surface area contributed by atoms with Crippen LogP contribution >= 0.6 is 27.3 Å². The second-order valence-corrected chi connectivity index (χ2v) is 7.41. The molecule has 2 heterocycles. The van der Waals surface area contributed by atoms with Gasteiger partial charge in [-0.05, 0) is 39.2 Å². The van der Waals surface area contributed by atoms with Crippen LogP contribution in [0.3, 0.4) is 0 Å². The Morgan fingerprint density at radius 1 is 1.26 bits per heavy atom. The zero-order valence-corrected chi connectivity index (χ0v) is 13.1. The van der Waals surface area contributed by atoms with Gasteiger partial charge in [0.25, 0.3) is 0 Å². The maximum absolute atomic E-state index is 3.58. The first-order valence-electron chi connectivity index (χ1n) is 6.56. The lowest BCUT2D eigenvalue weighted by atomic mass is 9.91. The summed E-state index contributed by atoms with van der Waals surface area (Å²) in [6.45, 7) is 4.05. The molecule has 0 spiro atoms. The predicted octanol–water partition coefficient (Wildman–Crippen LogP) is 3.49. The van der Waals surface area contributed by atoms with Crippen LogP contribution in [0, 0.1) is 0 Å². The van der Waals surface area contributed by atoms with Crippen LogP contribution in [0.1, 0.15) is 21.9 Å². The summed E-state index contributed by atoms with van der Waals surface area (Å²) in [7, 11) is 0. The van der Waals surface area contributed by atoms with Crippen LogP contribution in [0.2, 0.25) is 0 Å². The van der Waals surface area contributed by atoms with Crippen LogP contribution in [-0.2, 0) is 13.1 Å². The van der Waals surface area contributed by atoms with Gasteiger partial charge < -0.3 is 10.6 Å². The molecule has 2 N–H and O–H groups in total. The monoisotopic (exact) mass is 336 g/mol. The van der Waals surface area contributed by atoms with Crippen LogP contribution in [0.5, 0.6) is 0 Å². The van der Waals surface area contributed by atoms with Gasteiger partial charge in [-0.1, -0.05) is 24.3 Å². The fourth-order valence-electron chi connectivity index (χ4n) is 2.58. The van der Waals surface area contributed by atoms with Crippen molar-refractivity contribution < 1.29 is 0 Å². The first-order chi connectivity index (χ1) is 9.33. The summed E-state index contributed by atoms with van der Waals surface area (Å²) in [5.41, 5.74) is 2.94. The molecule has 0 saturated carbocycles. The van der Waals surface area contributed by atoms with Gasteiger partial charge in [0.2, 0.25) is 0 Å². The highest BCUT2D eigenvalue weighted by atomic mass is 79.9. The summed E-state index contributed by atoms with van der Waals surface area (Å²) in [6.07, 6.45) is 0. The average Bonchev–Trinajstić information content (AvgIpc) is 2.85. The number of thiophene rings is 1. The highest BCUT2D eigenvalue weighted by Crippen LogP contribution is 2.24. The molecule has 1 aliphatic heterocycles. The Morgan fingerprint density at radius 3 is 3.00 bits per heavy atom. The van der Waals surface area contributed by atoms with Crippen molar-refractivity contribution in [1.82, 2.24) is 10.6 Å². The third kappa shape index (κ3) is 3.26. The number of hydrogen-bond donors (Lipinski definition) is 2. The van der Waals surface area contributed by atoms with Crippen LogP contribution in [-0.4, -0.2) is 13.1 Å². The zero-order valence-electron chi connectivity index (χ0n) is 10.7. The minimum absolute atomic E-state index is 0.577. The van der Waals surface area contributed by atoms with Crippen molar-refractivity contribution in [3.8, 4) is 0 Å². The van der Waals surface area contributed by atoms with E-state index in [2.05, 4.69) is 63.0 Å². The first-order valence-corrected chi connectivity index (χ1v) is 8.17. The van der Waals surface area contributed by atoms with Crippen molar-refractivity contribution in [3.05, 3.63) is 56.2 Å². The number of benzene rings is 1. The minimum atomic E-state index is 0.577. The summed E-state index contributed by atoms with van der Waals surface area (Å²) in [5.74, 6) is 0.577. The summed E-state index contributed by atoms with van der Waals surface area (Å²) in [5, 5.41) is 7.07. The van der Waals surface area contributed by atoms with Crippen molar-refractivity contribution in [3.63, 3.8) is 0 Å². The molecule has 0 aliphatic carbocycles. The molecule has 19 heavy (non-hydrogen) atoms. The van der Waals surface area contributed by atoms with E-state index >= 15 is 0 Å². The molecular formula is C15H17BrN2S. The summed E-state index contributed by atoms with van der Waals surface area (Å²) < 4.78 is 1.20. The number of hydrogen-bond acceptors (Lipinski definition) is 3. The molecule has 1 unspecified atom stereocenters. The van der Waals surface area contributed by atoms with Gasteiger partial charge in [-0.3, -0.25) is 0 Å². The third-order valence-corrected chi connectivity index (χ3v) is 5.14. The highest BCUT2D eigenvalue weighted by Gasteiger charge is 2.18. The second kappa shape index (κ2) is 6.18. The molecule has 4 heteroatoms. The minimum Gasteiger partial charge on any atom is -0.312 e. The topological polar surface area (TPSA) is 24.1 Å². The van der Waals surface area contributed by atoms with Gasteiger partial charge in [0, 0.05) is 37.0 Å². The smallest absolute Gasteiger partial charge is 0.0701 e. The largest absolute Gasteiger partial charge is 0.312 e. The lowest BCUT2D eigenvalue weighted by Crippen LogP contribution is -2.34. The van der Waals surface area contributed by atoms with Crippen LogP contribution in [0.4, 0.5) is 0 Å². The number of halogens is 1. The maximum atomic E-state index is 3.58. The number of fused-ring (bicyclic) bond motifs is 1. The highest BCUT2D eigenvalue weighted by molar-refractivity contribution is 9.11. The molecule has 100 valence electrons. The molecule has 0 radical (unpaired) electrons. The molecule has 1 aromatic carbocycles. The van der Waals surface area contributed by atoms with Gasteiger partial charge in [-0.2, -0.15) is 0 Å². The Kier molecular flexibility index (Phi) is 4.33. The second-order valence-electron chi connectivity index (χ2n) is 4.86. The van der Waals surface area contributed by atoms with Gasteiger partial charge in [-0.15, -0.1) is 11.3 Å². The van der Waals surface area contributed by atoms with Gasteiger partial charge in [0.15, 0.2) is 0 Å². The standard InChI is InChI=1S/C15H17BrN2S/c16-15-6-5-13(19-15)10-18-9-12-8-17-7-11-3-1-2-4-14(11)12/h1-6,12,17-18H,7-10H2. The Labute approximate surface area is 126 Å². The van der Waals surface area contributed by atoms with Crippen molar-refractivity contribution >= 4 is 27.3 Å². The molecule has 2 nitrogen and oxygen atoms in total. The van der Waals surface area contributed by atoms with Gasteiger partial charge in [0.05, 0.1) is 3.79 Å². The number of nitrogens with one attached hydrogen (secondary N) is 2. The van der Waals surface area contributed by atoms with E-state index in [1.54, 1.807) is 11.3 Å². The quantitative estimate of drug-likeness (QED) is 0.893. The van der Waals surface area contributed by atoms with E-state index in [0.717, 1.165) is 26.2 Å². The molecule has 0 fully saturated rings. The van der Waals surface area contributed by atoms with E-state index < -0.39 is 0 Å². The van der Waals surface area contributed by atoms with E-state index in [0.29, 0.717) is 5.92 Å². The molecule has 1 aliphatic rings. The van der Waals surface area contributed by atoms with Crippen molar-refractivity contribution in [2.75, 3.05) is 13.1 Å². The van der Waals surface area contributed by atoms with E-state index in [-0.39, 0.29) is 0 Å². The van der Waals surface area contributed by atoms with Crippen molar-refractivity contribution in [2.45, 2.75) is 19.0 Å². The van der Waals surface area contributed by atoms with Crippen LogP contribution in [0.25, 0.3) is 0 Å². The summed E-state index contributed by atoms with van der Waals surface area (Å²) >= 11 is 5.30. The van der Waals surface area contributed by atoms with E-state index in [4.69, 9.17) is 0 Å². The van der Waals surface area contributed by atoms with E-state index in [1.165, 1.54) is 19.8 Å². The molecule has 0 bridgehead atoms. The fourth-order valence-corrected chi connectivity index (χ4v) is 4.04. The first kappa shape index (κ1) is 13.3. The Morgan fingerprint density at radius 2 is 2.16 bits per heavy atom. The molecule has 1 atom stereocenters. The summed E-state index contributed by atoms with van der Waals surface area (Å²) in [6, 6.07) is 13.1. The lowest BCUT2D eigenvalue weighted by molar-refractivity contribution is 0.504. The van der Waals surface area contributed by atoms with E-state index in [9.17, 15) is 0 Å². The Balaban J connectivity index is 1.59. The normalized spacial score (nSPS) is 18.3. The zero-order chi connectivity index (χ0) is 13.1. The molecular weight excluding hydrogens is 320 g/mol. The molecule has 2 aromatic rings. The maximum Gasteiger partial charge on any atom is 0.0701 e. The van der Waals surface area contributed by atoms with E-state index in [1.807, 2.05) is 0 Å². The SMILES string of the molecule is Brc1ccc(CNCC2CNCc3ccccc32)s1. The fraction of sp³-hybridized carbons (Fsp3) is 0.333. The summed E-state index contributed by atoms with van der Waals surface area (Å²) in [4.78, 5) is 1.38.